The van der Waals surface area contributed by atoms with E-state index in [1.54, 1.807) is 11.8 Å². The van der Waals surface area contributed by atoms with Crippen molar-refractivity contribution in [2.75, 3.05) is 11.1 Å². The van der Waals surface area contributed by atoms with E-state index < -0.39 is 0 Å². The fourth-order valence-corrected chi connectivity index (χ4v) is 2.55. The van der Waals surface area contributed by atoms with E-state index in [1.165, 1.54) is 0 Å². The number of nitrogens with one attached hydrogen (secondary N) is 1. The molecule has 2 rings (SSSR count). The average Bonchev–Trinajstić information content (AvgIpc) is 2.14. The van der Waals surface area contributed by atoms with Crippen LogP contribution in [-0.4, -0.2) is 17.2 Å². The van der Waals surface area contributed by atoms with Crippen molar-refractivity contribution < 1.29 is 4.79 Å². The molecule has 0 aliphatic carbocycles. The Hall–Kier alpha value is -1.000. The number of thioether (sulfide) groups is 1. The number of hydrogen-bond acceptors (Lipinski definition) is 3. The van der Waals surface area contributed by atoms with Crippen LogP contribution in [0.25, 0.3) is 0 Å². The van der Waals surface area contributed by atoms with E-state index in [0.29, 0.717) is 5.75 Å². The van der Waals surface area contributed by atoms with Crippen molar-refractivity contribution in [2.24, 2.45) is 5.73 Å². The second kappa shape index (κ2) is 4.11. The van der Waals surface area contributed by atoms with Gasteiger partial charge in [0.05, 0.1) is 11.4 Å². The lowest BCUT2D eigenvalue weighted by atomic mass is 9.96. The Labute approximate surface area is 99.8 Å². The second-order valence-corrected chi connectivity index (χ2v) is 5.85. The van der Waals surface area contributed by atoms with Gasteiger partial charge in [-0.2, -0.15) is 0 Å². The molecule has 0 aromatic heterocycles. The molecule has 1 aromatic carbocycles. The maximum Gasteiger partial charge on any atom is 0.234 e. The van der Waals surface area contributed by atoms with Crippen LogP contribution < -0.4 is 11.1 Å². The highest BCUT2D eigenvalue weighted by Crippen LogP contribution is 2.32. The number of anilines is 1. The van der Waals surface area contributed by atoms with Crippen molar-refractivity contribution in [3.63, 3.8) is 0 Å². The van der Waals surface area contributed by atoms with E-state index in [9.17, 15) is 4.79 Å². The Kier molecular flexibility index (Phi) is 2.95. The molecule has 3 N–H and O–H groups in total. The summed E-state index contributed by atoms with van der Waals surface area (Å²) in [6.07, 6.45) is 0.806. The number of rotatable bonds is 2. The van der Waals surface area contributed by atoms with Gasteiger partial charge in [0.25, 0.3) is 0 Å². The SMILES string of the molecule is CC(C)(N)Cc1ccc2c(c1)NC(=O)CS2. The lowest BCUT2D eigenvalue weighted by Crippen LogP contribution is -2.34. The molecule has 0 unspecified atom stereocenters. The molecule has 1 aliphatic heterocycles. The third-order valence-corrected chi connectivity index (χ3v) is 3.41. The predicted molar refractivity (Wildman–Crippen MR) is 67.8 cm³/mol. The third kappa shape index (κ3) is 2.77. The van der Waals surface area contributed by atoms with Crippen LogP contribution in [-0.2, 0) is 11.2 Å². The summed E-state index contributed by atoms with van der Waals surface area (Å²) >= 11 is 1.58. The molecule has 0 saturated heterocycles. The first kappa shape index (κ1) is 11.5. The molecule has 0 spiro atoms. The van der Waals surface area contributed by atoms with Crippen LogP contribution in [0.4, 0.5) is 5.69 Å². The minimum absolute atomic E-state index is 0.0710. The molecule has 0 atom stereocenters. The monoisotopic (exact) mass is 236 g/mol. The van der Waals surface area contributed by atoms with Crippen LogP contribution in [0.1, 0.15) is 19.4 Å². The highest BCUT2D eigenvalue weighted by molar-refractivity contribution is 8.00. The first-order valence-corrected chi connectivity index (χ1v) is 6.27. The largest absolute Gasteiger partial charge is 0.325 e. The van der Waals surface area contributed by atoms with Crippen LogP contribution in [0.5, 0.6) is 0 Å². The Morgan fingerprint density at radius 2 is 2.25 bits per heavy atom. The number of fused-ring (bicyclic) bond motifs is 1. The zero-order valence-electron chi connectivity index (χ0n) is 9.54. The summed E-state index contributed by atoms with van der Waals surface area (Å²) in [6.45, 7) is 4.00. The maximum absolute atomic E-state index is 11.3. The van der Waals surface area contributed by atoms with Gasteiger partial charge in [-0.05, 0) is 38.0 Å². The highest BCUT2D eigenvalue weighted by atomic mass is 32.2. The van der Waals surface area contributed by atoms with E-state index in [-0.39, 0.29) is 11.4 Å². The molecule has 1 heterocycles. The minimum atomic E-state index is -0.222. The lowest BCUT2D eigenvalue weighted by molar-refractivity contribution is -0.113. The van der Waals surface area contributed by atoms with Gasteiger partial charge in [-0.15, -0.1) is 11.8 Å². The van der Waals surface area contributed by atoms with E-state index >= 15 is 0 Å². The zero-order chi connectivity index (χ0) is 11.8. The van der Waals surface area contributed by atoms with E-state index in [2.05, 4.69) is 17.4 Å². The molecule has 0 fully saturated rings. The van der Waals surface area contributed by atoms with Crippen molar-refractivity contribution in [2.45, 2.75) is 30.7 Å². The van der Waals surface area contributed by atoms with Gasteiger partial charge in [0.2, 0.25) is 5.91 Å². The Morgan fingerprint density at radius 1 is 1.50 bits per heavy atom. The predicted octanol–water partition coefficient (Wildman–Crippen LogP) is 2.01. The molecular formula is C12H16N2OS. The summed E-state index contributed by atoms with van der Waals surface area (Å²) in [5.41, 5.74) is 7.84. The molecule has 0 saturated carbocycles. The smallest absolute Gasteiger partial charge is 0.234 e. The van der Waals surface area contributed by atoms with E-state index in [1.807, 2.05) is 19.9 Å². The van der Waals surface area contributed by atoms with Crippen molar-refractivity contribution in [1.29, 1.82) is 0 Å². The van der Waals surface area contributed by atoms with E-state index in [4.69, 9.17) is 5.73 Å². The van der Waals surface area contributed by atoms with Crippen LogP contribution in [0, 0.1) is 0 Å². The van der Waals surface area contributed by atoms with Gasteiger partial charge in [-0.25, -0.2) is 0 Å². The van der Waals surface area contributed by atoms with Gasteiger partial charge in [0, 0.05) is 10.4 Å². The molecule has 86 valence electrons. The van der Waals surface area contributed by atoms with Crippen LogP contribution in [0.2, 0.25) is 0 Å². The highest BCUT2D eigenvalue weighted by Gasteiger charge is 2.17. The summed E-state index contributed by atoms with van der Waals surface area (Å²) in [7, 11) is 0. The lowest BCUT2D eigenvalue weighted by Gasteiger charge is -2.21. The quantitative estimate of drug-likeness (QED) is 0.826. The number of nitrogens with two attached hydrogens (primary N) is 1. The normalized spacial score (nSPS) is 15.6. The summed E-state index contributed by atoms with van der Waals surface area (Å²) in [4.78, 5) is 12.4. The molecule has 1 aliphatic rings. The van der Waals surface area contributed by atoms with Gasteiger partial charge in [-0.3, -0.25) is 4.79 Å². The van der Waals surface area contributed by atoms with Crippen molar-refractivity contribution in [3.05, 3.63) is 23.8 Å². The fourth-order valence-electron chi connectivity index (χ4n) is 1.77. The van der Waals surface area contributed by atoms with Gasteiger partial charge in [0.1, 0.15) is 0 Å². The Balaban J connectivity index is 2.24. The molecule has 1 amide bonds. The minimum Gasteiger partial charge on any atom is -0.325 e. The number of carbonyl (C=O) groups excluding carboxylic acids is 1. The summed E-state index contributed by atoms with van der Waals surface area (Å²) in [6, 6.07) is 6.16. The number of amides is 1. The van der Waals surface area contributed by atoms with Gasteiger partial charge in [0.15, 0.2) is 0 Å². The number of carbonyl (C=O) groups is 1. The third-order valence-electron chi connectivity index (χ3n) is 2.34. The summed E-state index contributed by atoms with van der Waals surface area (Å²) in [5.74, 6) is 0.580. The Bertz CT molecular complexity index is 424. The molecule has 3 nitrogen and oxygen atoms in total. The topological polar surface area (TPSA) is 55.1 Å². The maximum atomic E-state index is 11.3. The number of benzene rings is 1. The standard InChI is InChI=1S/C12H16N2OS/c1-12(2,13)6-8-3-4-10-9(5-8)14-11(15)7-16-10/h3-5H,6-7,13H2,1-2H3,(H,14,15). The van der Waals surface area contributed by atoms with Crippen LogP contribution in [0.3, 0.4) is 0 Å². The second-order valence-electron chi connectivity index (χ2n) is 4.83. The zero-order valence-corrected chi connectivity index (χ0v) is 10.4. The van der Waals surface area contributed by atoms with Gasteiger partial charge < -0.3 is 11.1 Å². The van der Waals surface area contributed by atoms with Gasteiger partial charge in [-0.1, -0.05) is 6.07 Å². The first-order chi connectivity index (χ1) is 7.44. The van der Waals surface area contributed by atoms with Crippen molar-refractivity contribution >= 4 is 23.4 Å². The van der Waals surface area contributed by atoms with Crippen LogP contribution >= 0.6 is 11.8 Å². The molecule has 0 bridgehead atoms. The summed E-state index contributed by atoms with van der Waals surface area (Å²) in [5, 5.41) is 2.89. The van der Waals surface area contributed by atoms with Gasteiger partial charge >= 0.3 is 0 Å². The molecule has 1 aromatic rings. The molecule has 16 heavy (non-hydrogen) atoms. The molecule has 4 heteroatoms. The summed E-state index contributed by atoms with van der Waals surface area (Å²) < 4.78 is 0. The fraction of sp³-hybridized carbons (Fsp3) is 0.417. The van der Waals surface area contributed by atoms with Crippen LogP contribution in [0.15, 0.2) is 23.1 Å². The Morgan fingerprint density at radius 3 is 2.94 bits per heavy atom. The number of hydrogen-bond donors (Lipinski definition) is 2. The van der Waals surface area contributed by atoms with Crippen molar-refractivity contribution in [3.8, 4) is 0 Å². The van der Waals surface area contributed by atoms with Crippen molar-refractivity contribution in [1.82, 2.24) is 0 Å². The molecule has 0 radical (unpaired) electrons. The van der Waals surface area contributed by atoms with E-state index in [0.717, 1.165) is 22.6 Å². The average molecular weight is 236 g/mol. The molecular weight excluding hydrogens is 220 g/mol. The first-order valence-electron chi connectivity index (χ1n) is 5.28.